The summed E-state index contributed by atoms with van der Waals surface area (Å²) in [6, 6.07) is 0.240. The fraction of sp³-hybridized carbons (Fsp3) is 0.692. The van der Waals surface area contributed by atoms with Gasteiger partial charge in [-0.25, -0.2) is 0 Å². The van der Waals surface area contributed by atoms with Crippen molar-refractivity contribution >= 4 is 23.4 Å². The normalized spacial score (nSPS) is 21.3. The minimum atomic E-state index is 0.240. The highest BCUT2D eigenvalue weighted by molar-refractivity contribution is 7.71. The van der Waals surface area contributed by atoms with Crippen molar-refractivity contribution < 1.29 is 4.74 Å². The zero-order valence-corrected chi connectivity index (χ0v) is 12.5. The second-order valence-electron chi connectivity index (χ2n) is 5.21. The maximum atomic E-state index is 5.80. The van der Waals surface area contributed by atoms with Crippen molar-refractivity contribution in [1.29, 1.82) is 0 Å². The Morgan fingerprint density at radius 1 is 1.58 bits per heavy atom. The zero-order valence-electron chi connectivity index (χ0n) is 11.6. The molecule has 6 heteroatoms. The van der Waals surface area contributed by atoms with Crippen LogP contribution in [0.1, 0.15) is 38.4 Å². The van der Waals surface area contributed by atoms with Crippen LogP contribution in [0.2, 0.25) is 0 Å². The molecule has 1 aliphatic rings. The topological polar surface area (TPSA) is 47.8 Å². The van der Waals surface area contributed by atoms with Gasteiger partial charge in [-0.05, 0) is 38.4 Å². The van der Waals surface area contributed by atoms with Gasteiger partial charge in [-0.2, -0.15) is 5.10 Å². The molecule has 0 bridgehead atoms. The number of hydrogen-bond acceptors (Lipinski definition) is 3. The molecule has 1 saturated heterocycles. The number of ether oxygens (including phenoxy) is 1. The van der Waals surface area contributed by atoms with E-state index in [0.717, 1.165) is 47.5 Å². The summed E-state index contributed by atoms with van der Waals surface area (Å²) >= 11 is 5.50. The number of H-pyrrole nitrogens is 1. The van der Waals surface area contributed by atoms with Crippen molar-refractivity contribution in [3.05, 3.63) is 10.5 Å². The highest BCUT2D eigenvalue weighted by Crippen LogP contribution is 2.28. The van der Waals surface area contributed by atoms with E-state index in [2.05, 4.69) is 28.5 Å². The van der Waals surface area contributed by atoms with Crippen molar-refractivity contribution in [1.82, 2.24) is 19.3 Å². The second kappa shape index (κ2) is 4.76. The van der Waals surface area contributed by atoms with E-state index >= 15 is 0 Å². The first-order valence-electron chi connectivity index (χ1n) is 6.91. The fourth-order valence-corrected chi connectivity index (χ4v) is 3.37. The van der Waals surface area contributed by atoms with Gasteiger partial charge in [0.25, 0.3) is 0 Å². The molecule has 3 rings (SSSR count). The summed E-state index contributed by atoms with van der Waals surface area (Å²) in [7, 11) is 1.98. The van der Waals surface area contributed by atoms with Crippen molar-refractivity contribution in [2.24, 2.45) is 7.05 Å². The molecule has 104 valence electrons. The zero-order chi connectivity index (χ0) is 13.6. The quantitative estimate of drug-likeness (QED) is 0.879. The number of aromatic nitrogens is 4. The van der Waals surface area contributed by atoms with Crippen molar-refractivity contribution in [2.45, 2.75) is 45.3 Å². The Morgan fingerprint density at radius 3 is 3.00 bits per heavy atom. The first-order valence-corrected chi connectivity index (χ1v) is 7.32. The average molecular weight is 280 g/mol. The van der Waals surface area contributed by atoms with E-state index in [-0.39, 0.29) is 12.1 Å². The van der Waals surface area contributed by atoms with E-state index in [4.69, 9.17) is 17.0 Å². The van der Waals surface area contributed by atoms with Gasteiger partial charge in [0.15, 0.2) is 10.4 Å². The SMILES string of the molecule is CCc1nn(C)c2c1[nH]c(=S)n2C(C)C1CCCO1. The number of rotatable bonds is 3. The Kier molecular flexibility index (Phi) is 3.22. The van der Waals surface area contributed by atoms with Crippen LogP contribution in [-0.2, 0) is 18.2 Å². The molecule has 0 aromatic carbocycles. The summed E-state index contributed by atoms with van der Waals surface area (Å²) < 4.78 is 10.7. The molecule has 0 amide bonds. The number of nitrogens with zero attached hydrogens (tertiary/aromatic N) is 3. The first kappa shape index (κ1) is 12.9. The molecule has 0 radical (unpaired) electrons. The lowest BCUT2D eigenvalue weighted by Gasteiger charge is -2.20. The minimum absolute atomic E-state index is 0.240. The van der Waals surface area contributed by atoms with Crippen LogP contribution >= 0.6 is 12.2 Å². The van der Waals surface area contributed by atoms with Crippen LogP contribution < -0.4 is 0 Å². The number of imidazole rings is 1. The van der Waals surface area contributed by atoms with Crippen molar-refractivity contribution in [3.8, 4) is 0 Å². The smallest absolute Gasteiger partial charge is 0.179 e. The molecule has 19 heavy (non-hydrogen) atoms. The third kappa shape index (κ3) is 1.94. The van der Waals surface area contributed by atoms with E-state index in [1.165, 1.54) is 0 Å². The maximum Gasteiger partial charge on any atom is 0.179 e. The molecular formula is C13H20N4OS. The highest BCUT2D eigenvalue weighted by atomic mass is 32.1. The Morgan fingerprint density at radius 2 is 2.37 bits per heavy atom. The van der Waals surface area contributed by atoms with Gasteiger partial charge in [0.2, 0.25) is 0 Å². The average Bonchev–Trinajstić information content (AvgIpc) is 3.06. The van der Waals surface area contributed by atoms with Gasteiger partial charge in [-0.15, -0.1) is 0 Å². The standard InChI is InChI=1S/C13H20N4OS/c1-4-9-11-12(16(3)15-9)17(13(19)14-11)8(2)10-6-5-7-18-10/h8,10H,4-7H2,1-3H3,(H,14,19). The van der Waals surface area contributed by atoms with Gasteiger partial charge in [0.05, 0.1) is 17.8 Å². The molecule has 2 aromatic rings. The summed E-state index contributed by atoms with van der Waals surface area (Å²) in [5.41, 5.74) is 3.21. The maximum absolute atomic E-state index is 5.80. The highest BCUT2D eigenvalue weighted by Gasteiger charge is 2.27. The third-order valence-corrected chi connectivity index (χ3v) is 4.31. The van der Waals surface area contributed by atoms with E-state index < -0.39 is 0 Å². The third-order valence-electron chi connectivity index (χ3n) is 4.01. The lowest BCUT2D eigenvalue weighted by molar-refractivity contribution is 0.0737. The molecular weight excluding hydrogens is 260 g/mol. The molecule has 1 aliphatic heterocycles. The molecule has 0 aliphatic carbocycles. The van der Waals surface area contributed by atoms with Crippen LogP contribution in [0.15, 0.2) is 0 Å². The van der Waals surface area contributed by atoms with E-state index in [9.17, 15) is 0 Å². The lowest BCUT2D eigenvalue weighted by Crippen LogP contribution is -2.21. The van der Waals surface area contributed by atoms with Gasteiger partial charge in [-0.3, -0.25) is 9.25 Å². The summed E-state index contributed by atoms with van der Waals surface area (Å²) in [5.74, 6) is 0. The monoisotopic (exact) mass is 280 g/mol. The van der Waals surface area contributed by atoms with Crippen LogP contribution in [0.25, 0.3) is 11.2 Å². The second-order valence-corrected chi connectivity index (χ2v) is 5.60. The number of aromatic amines is 1. The Bertz CT molecular complexity index is 647. The summed E-state index contributed by atoms with van der Waals surface area (Å²) in [6.45, 7) is 5.15. The first-order chi connectivity index (χ1) is 9.13. The largest absolute Gasteiger partial charge is 0.376 e. The lowest BCUT2D eigenvalue weighted by atomic mass is 10.1. The Balaban J connectivity index is 2.14. The predicted molar refractivity (Wildman–Crippen MR) is 77.0 cm³/mol. The van der Waals surface area contributed by atoms with Gasteiger partial charge >= 0.3 is 0 Å². The van der Waals surface area contributed by atoms with Crippen LogP contribution in [0, 0.1) is 4.77 Å². The molecule has 2 unspecified atom stereocenters. The molecule has 2 aromatic heterocycles. The van der Waals surface area contributed by atoms with Gasteiger partial charge < -0.3 is 9.72 Å². The number of hydrogen-bond donors (Lipinski definition) is 1. The number of nitrogens with one attached hydrogen (secondary N) is 1. The van der Waals surface area contributed by atoms with Crippen LogP contribution in [-0.4, -0.2) is 32.0 Å². The van der Waals surface area contributed by atoms with Crippen LogP contribution in [0.3, 0.4) is 0 Å². The molecule has 0 spiro atoms. The summed E-state index contributed by atoms with van der Waals surface area (Å²) in [4.78, 5) is 3.31. The molecule has 1 fully saturated rings. The van der Waals surface area contributed by atoms with Gasteiger partial charge in [0, 0.05) is 13.7 Å². The van der Waals surface area contributed by atoms with Gasteiger partial charge in [-0.1, -0.05) is 6.92 Å². The minimum Gasteiger partial charge on any atom is -0.376 e. The molecule has 3 heterocycles. The van der Waals surface area contributed by atoms with E-state index in [1.54, 1.807) is 0 Å². The fourth-order valence-electron chi connectivity index (χ4n) is 3.01. The van der Waals surface area contributed by atoms with E-state index in [0.29, 0.717) is 0 Å². The predicted octanol–water partition coefficient (Wildman–Crippen LogP) is 2.73. The van der Waals surface area contributed by atoms with Crippen LogP contribution in [0.4, 0.5) is 0 Å². The number of aryl methyl sites for hydroxylation is 2. The van der Waals surface area contributed by atoms with Crippen LogP contribution in [0.5, 0.6) is 0 Å². The Hall–Kier alpha value is -1.14. The summed E-state index contributed by atoms with van der Waals surface area (Å²) in [5, 5.41) is 4.56. The molecule has 1 N–H and O–H groups in total. The van der Waals surface area contributed by atoms with Crippen molar-refractivity contribution in [2.75, 3.05) is 6.61 Å². The summed E-state index contributed by atoms with van der Waals surface area (Å²) in [6.07, 6.45) is 3.40. The molecule has 5 nitrogen and oxygen atoms in total. The molecule has 2 atom stereocenters. The van der Waals surface area contributed by atoms with Crippen molar-refractivity contribution in [3.63, 3.8) is 0 Å². The Labute approximate surface area is 117 Å². The van der Waals surface area contributed by atoms with Gasteiger partial charge in [0.1, 0.15) is 5.52 Å². The number of fused-ring (bicyclic) bond motifs is 1. The van der Waals surface area contributed by atoms with E-state index in [1.807, 2.05) is 11.7 Å². The molecule has 0 saturated carbocycles.